The topological polar surface area (TPSA) is 66.8 Å². The van der Waals surface area contributed by atoms with Crippen LogP contribution in [0, 0.1) is 11.3 Å². The minimum absolute atomic E-state index is 0.0992. The van der Waals surface area contributed by atoms with Gasteiger partial charge in [0.05, 0.1) is 12.2 Å². The normalized spacial score (nSPS) is 29.2. The fourth-order valence-electron chi connectivity index (χ4n) is 2.82. The lowest BCUT2D eigenvalue weighted by molar-refractivity contribution is -0.160. The zero-order chi connectivity index (χ0) is 13.5. The highest BCUT2D eigenvalue weighted by Gasteiger charge is 2.44. The number of carboxylic acid groups (broad SMARTS) is 1. The van der Waals surface area contributed by atoms with Crippen molar-refractivity contribution in [2.45, 2.75) is 45.8 Å². The fraction of sp³-hybridized carbons (Fsp3) is 0.846. The molecule has 3 unspecified atom stereocenters. The van der Waals surface area contributed by atoms with Crippen LogP contribution < -0.4 is 0 Å². The smallest absolute Gasteiger partial charge is 0.316 e. The summed E-state index contributed by atoms with van der Waals surface area (Å²) in [5, 5.41) is 9.28. The van der Waals surface area contributed by atoms with Gasteiger partial charge in [-0.25, -0.2) is 0 Å². The van der Waals surface area contributed by atoms with E-state index in [-0.39, 0.29) is 18.1 Å². The van der Waals surface area contributed by atoms with Crippen LogP contribution in [-0.2, 0) is 14.3 Å². The van der Waals surface area contributed by atoms with Crippen molar-refractivity contribution in [3.8, 4) is 0 Å². The van der Waals surface area contributed by atoms with E-state index < -0.39 is 17.3 Å². The number of carbonyl (C=O) groups excluding carboxylic acids is 1. The Labute approximate surface area is 107 Å². The van der Waals surface area contributed by atoms with E-state index in [2.05, 4.69) is 0 Å². The molecule has 1 N–H and O–H groups in total. The number of amides is 1. The van der Waals surface area contributed by atoms with Crippen molar-refractivity contribution in [3.05, 3.63) is 0 Å². The number of likely N-dealkylation sites (tertiary alicyclic amines) is 1. The Balaban J connectivity index is 2.12. The van der Waals surface area contributed by atoms with E-state index in [1.54, 1.807) is 25.7 Å². The van der Waals surface area contributed by atoms with Gasteiger partial charge in [0.1, 0.15) is 5.92 Å². The maximum absolute atomic E-state index is 12.4. The lowest BCUT2D eigenvalue weighted by atomic mass is 9.79. The molecule has 3 atom stereocenters. The van der Waals surface area contributed by atoms with Crippen LogP contribution in [0.4, 0.5) is 0 Å². The first-order valence-electron chi connectivity index (χ1n) is 6.46. The number of fused-ring (bicyclic) bond motifs is 2. The van der Waals surface area contributed by atoms with Gasteiger partial charge in [0.25, 0.3) is 0 Å². The minimum atomic E-state index is -1.04. The highest BCUT2D eigenvalue weighted by Crippen LogP contribution is 2.32. The Hall–Kier alpha value is -1.10. The van der Waals surface area contributed by atoms with E-state index in [1.165, 1.54) is 0 Å². The third-order valence-electron chi connectivity index (χ3n) is 3.72. The molecule has 5 nitrogen and oxygen atoms in total. The van der Waals surface area contributed by atoms with Crippen LogP contribution in [0.2, 0.25) is 0 Å². The molecule has 0 aliphatic carbocycles. The number of carboxylic acids is 1. The molecule has 2 rings (SSSR count). The molecule has 0 radical (unpaired) electrons. The lowest BCUT2D eigenvalue weighted by Gasteiger charge is -2.36. The summed E-state index contributed by atoms with van der Waals surface area (Å²) in [6, 6.07) is 0. The van der Waals surface area contributed by atoms with Crippen molar-refractivity contribution >= 4 is 11.9 Å². The van der Waals surface area contributed by atoms with Crippen molar-refractivity contribution < 1.29 is 19.4 Å². The van der Waals surface area contributed by atoms with Crippen LogP contribution in [0.1, 0.15) is 33.6 Å². The number of aliphatic carboxylic acids is 1. The standard InChI is InChI=1S/C13H21NO4/c1-13(2,3)10(12(16)17)11(15)14-6-8-4-5-9(7-14)18-8/h8-10H,4-7H2,1-3H3,(H,16,17). The number of ether oxygens (including phenoxy) is 1. The summed E-state index contributed by atoms with van der Waals surface area (Å²) >= 11 is 0. The molecule has 2 bridgehead atoms. The summed E-state index contributed by atoms with van der Waals surface area (Å²) < 4.78 is 5.66. The molecule has 2 aliphatic heterocycles. The Morgan fingerprint density at radius 3 is 2.11 bits per heavy atom. The van der Waals surface area contributed by atoms with Gasteiger partial charge in [-0.15, -0.1) is 0 Å². The SMILES string of the molecule is CC(C)(C)C(C(=O)O)C(=O)N1CC2CCC(C1)O2. The molecule has 2 heterocycles. The van der Waals surface area contributed by atoms with Crippen LogP contribution in [0.25, 0.3) is 0 Å². The zero-order valence-electron chi connectivity index (χ0n) is 11.2. The molecule has 102 valence electrons. The Morgan fingerprint density at radius 1 is 1.22 bits per heavy atom. The maximum atomic E-state index is 12.4. The van der Waals surface area contributed by atoms with Gasteiger partial charge in [-0.2, -0.15) is 0 Å². The van der Waals surface area contributed by atoms with Crippen LogP contribution in [0.3, 0.4) is 0 Å². The van der Waals surface area contributed by atoms with E-state index in [4.69, 9.17) is 4.74 Å². The first-order valence-corrected chi connectivity index (χ1v) is 6.46. The second-order valence-corrected chi connectivity index (χ2v) is 6.34. The second-order valence-electron chi connectivity index (χ2n) is 6.34. The molecule has 0 spiro atoms. The molecule has 0 saturated carbocycles. The Morgan fingerprint density at radius 2 is 1.72 bits per heavy atom. The largest absolute Gasteiger partial charge is 0.481 e. The molecule has 18 heavy (non-hydrogen) atoms. The van der Waals surface area contributed by atoms with Crippen LogP contribution >= 0.6 is 0 Å². The second kappa shape index (κ2) is 4.53. The minimum Gasteiger partial charge on any atom is -0.481 e. The molecule has 0 aromatic rings. The van der Waals surface area contributed by atoms with Crippen molar-refractivity contribution in [3.63, 3.8) is 0 Å². The molecule has 2 aliphatic rings. The molecule has 0 aromatic carbocycles. The molecule has 2 saturated heterocycles. The van der Waals surface area contributed by atoms with Crippen LogP contribution in [0.5, 0.6) is 0 Å². The van der Waals surface area contributed by atoms with E-state index >= 15 is 0 Å². The first kappa shape index (κ1) is 13.3. The van der Waals surface area contributed by atoms with E-state index in [0.717, 1.165) is 12.8 Å². The highest BCUT2D eigenvalue weighted by molar-refractivity contribution is 5.97. The van der Waals surface area contributed by atoms with Crippen LogP contribution in [0.15, 0.2) is 0 Å². The number of morpholine rings is 1. The van der Waals surface area contributed by atoms with Gasteiger partial charge < -0.3 is 14.7 Å². The number of nitrogens with zero attached hydrogens (tertiary/aromatic N) is 1. The zero-order valence-corrected chi connectivity index (χ0v) is 11.2. The number of rotatable bonds is 2. The average molecular weight is 255 g/mol. The average Bonchev–Trinajstić information content (AvgIpc) is 2.54. The van der Waals surface area contributed by atoms with Crippen molar-refractivity contribution in [2.75, 3.05) is 13.1 Å². The number of hydrogen-bond acceptors (Lipinski definition) is 3. The van der Waals surface area contributed by atoms with Crippen molar-refractivity contribution in [2.24, 2.45) is 11.3 Å². The monoisotopic (exact) mass is 255 g/mol. The van der Waals surface area contributed by atoms with Crippen LogP contribution in [-0.4, -0.2) is 47.2 Å². The molecule has 2 fully saturated rings. The fourth-order valence-corrected chi connectivity index (χ4v) is 2.82. The molecule has 5 heteroatoms. The molecule has 1 amide bonds. The Kier molecular flexibility index (Phi) is 3.36. The molecular formula is C13H21NO4. The predicted molar refractivity (Wildman–Crippen MR) is 65.1 cm³/mol. The first-order chi connectivity index (χ1) is 8.29. The summed E-state index contributed by atoms with van der Waals surface area (Å²) in [6.45, 7) is 6.45. The van der Waals surface area contributed by atoms with Gasteiger partial charge in [-0.3, -0.25) is 9.59 Å². The van der Waals surface area contributed by atoms with Gasteiger partial charge in [0.15, 0.2) is 0 Å². The van der Waals surface area contributed by atoms with Crippen molar-refractivity contribution in [1.82, 2.24) is 4.90 Å². The summed E-state index contributed by atoms with van der Waals surface area (Å²) in [7, 11) is 0. The third kappa shape index (κ3) is 2.51. The predicted octanol–water partition coefficient (Wildman–Crippen LogP) is 1.12. The van der Waals surface area contributed by atoms with E-state index in [1.807, 2.05) is 0 Å². The van der Waals surface area contributed by atoms with Crippen molar-refractivity contribution in [1.29, 1.82) is 0 Å². The highest BCUT2D eigenvalue weighted by atomic mass is 16.5. The van der Waals surface area contributed by atoms with Gasteiger partial charge >= 0.3 is 5.97 Å². The maximum Gasteiger partial charge on any atom is 0.316 e. The van der Waals surface area contributed by atoms with E-state index in [0.29, 0.717) is 13.1 Å². The number of hydrogen-bond donors (Lipinski definition) is 1. The summed E-state index contributed by atoms with van der Waals surface area (Å²) in [6.07, 6.45) is 2.15. The van der Waals surface area contributed by atoms with Gasteiger partial charge in [-0.05, 0) is 18.3 Å². The third-order valence-corrected chi connectivity index (χ3v) is 3.72. The van der Waals surface area contributed by atoms with Gasteiger partial charge in [-0.1, -0.05) is 20.8 Å². The molecular weight excluding hydrogens is 234 g/mol. The molecule has 0 aromatic heterocycles. The Bertz CT molecular complexity index is 348. The quantitative estimate of drug-likeness (QED) is 0.751. The van der Waals surface area contributed by atoms with E-state index in [9.17, 15) is 14.7 Å². The van der Waals surface area contributed by atoms with Gasteiger partial charge in [0.2, 0.25) is 5.91 Å². The summed E-state index contributed by atoms with van der Waals surface area (Å²) in [5.74, 6) is -2.28. The van der Waals surface area contributed by atoms with Gasteiger partial charge in [0, 0.05) is 13.1 Å². The summed E-state index contributed by atoms with van der Waals surface area (Å²) in [5.41, 5.74) is -0.569. The summed E-state index contributed by atoms with van der Waals surface area (Å²) in [4.78, 5) is 25.4. The lowest BCUT2D eigenvalue weighted by Crippen LogP contribution is -2.51. The number of carbonyl (C=O) groups is 2.